The van der Waals surface area contributed by atoms with Crippen LogP contribution in [0.15, 0.2) is 110 Å². The molecule has 0 aliphatic heterocycles. The highest BCUT2D eigenvalue weighted by Crippen LogP contribution is 2.38. The van der Waals surface area contributed by atoms with Crippen molar-refractivity contribution in [2.45, 2.75) is 38.0 Å². The maximum absolute atomic E-state index is 12.9. The third-order valence-corrected chi connectivity index (χ3v) is 9.52. The molecule has 2 heterocycles. The van der Waals surface area contributed by atoms with Crippen molar-refractivity contribution >= 4 is 46.5 Å². The molecule has 65 heavy (non-hydrogen) atoms. The fourth-order valence-electron chi connectivity index (χ4n) is 5.81. The van der Waals surface area contributed by atoms with E-state index in [0.717, 1.165) is 48.5 Å². The van der Waals surface area contributed by atoms with Gasteiger partial charge in [-0.25, -0.2) is 9.59 Å². The van der Waals surface area contributed by atoms with Gasteiger partial charge in [0.15, 0.2) is 0 Å². The van der Waals surface area contributed by atoms with E-state index < -0.39 is 56.6 Å². The lowest BCUT2D eigenvalue weighted by molar-refractivity contribution is -0.385. The Labute approximate surface area is 373 Å². The Morgan fingerprint density at radius 3 is 1.28 bits per heavy atom. The third kappa shape index (κ3) is 13.9. The van der Waals surface area contributed by atoms with Gasteiger partial charge in [0, 0.05) is 70.5 Å². The van der Waals surface area contributed by atoms with E-state index in [4.69, 9.17) is 32.7 Å². The molecule has 6 rings (SSSR count). The minimum absolute atomic E-state index is 0. The van der Waals surface area contributed by atoms with Gasteiger partial charge >= 0.3 is 24.3 Å². The molecule has 4 aromatic carbocycles. The van der Waals surface area contributed by atoms with Crippen molar-refractivity contribution in [1.29, 1.82) is 0 Å². The lowest BCUT2D eigenvalue weighted by Crippen LogP contribution is -2.10. The number of carbonyl (C=O) groups is 2. The Morgan fingerprint density at radius 2 is 0.969 bits per heavy atom. The quantitative estimate of drug-likeness (QED) is 0.0327. The van der Waals surface area contributed by atoms with Gasteiger partial charge in [0.2, 0.25) is 0 Å². The molecule has 2 aromatic heterocycles. The standard InChI is InChI=1S/2C21H15ClF3N3O4.H2O/c2*22-18-11-14(21(23,24)25)4-5-16(18)13-3-6-19(28(30)31)17(10-13)20(29)32-9-1-2-15-12-26-7-8-27-15;/h2*3-8,10-12H,1-2,9H2;1H2. The SMILES string of the molecule is O.O=C(OCCCc1cnccn1)c1cc(-c2ccc(C(F)(F)F)cc2Cl)ccc1[N+](=O)[O-].O=C(OCCCc1cnccn1)c1cc(-c2ccc(C(F)(F)F)cc2Cl)ccc1[N+](=O)[O-]. The second-order valence-corrected chi connectivity index (χ2v) is 14.0. The van der Waals surface area contributed by atoms with Crippen LogP contribution < -0.4 is 0 Å². The van der Waals surface area contributed by atoms with Crippen LogP contribution in [0.1, 0.15) is 56.1 Å². The molecule has 23 heteroatoms. The smallest absolute Gasteiger partial charge is 0.416 e. The zero-order valence-electron chi connectivity index (χ0n) is 33.1. The minimum atomic E-state index is -4.57. The summed E-state index contributed by atoms with van der Waals surface area (Å²) in [5.41, 5.74) is -1.26. The summed E-state index contributed by atoms with van der Waals surface area (Å²) in [7, 11) is 0. The summed E-state index contributed by atoms with van der Waals surface area (Å²) in [5.74, 6) is -1.86. The van der Waals surface area contributed by atoms with Crippen LogP contribution in [-0.4, -0.2) is 60.4 Å². The van der Waals surface area contributed by atoms with Crippen LogP contribution in [0.2, 0.25) is 10.0 Å². The monoisotopic (exact) mass is 948 g/mol. The Hall–Kier alpha value is -7.10. The van der Waals surface area contributed by atoms with E-state index in [2.05, 4.69) is 19.9 Å². The van der Waals surface area contributed by atoms with Crippen LogP contribution in [0.5, 0.6) is 0 Å². The van der Waals surface area contributed by atoms with Crippen LogP contribution in [-0.2, 0) is 34.7 Å². The first-order valence-corrected chi connectivity index (χ1v) is 19.2. The first kappa shape index (κ1) is 50.5. The maximum Gasteiger partial charge on any atom is 0.416 e. The van der Waals surface area contributed by atoms with Gasteiger partial charge in [-0.15, -0.1) is 0 Å². The number of nitrogens with zero attached hydrogens (tertiary/aromatic N) is 6. The Kier molecular flexibility index (Phi) is 17.5. The summed E-state index contributed by atoms with van der Waals surface area (Å²) in [4.78, 5) is 62.2. The van der Waals surface area contributed by atoms with Gasteiger partial charge in [0.05, 0.1) is 45.6 Å². The number of alkyl halides is 6. The molecule has 0 aliphatic carbocycles. The lowest BCUT2D eigenvalue weighted by atomic mass is 10.0. The van der Waals surface area contributed by atoms with Gasteiger partial charge in [-0.05, 0) is 85.3 Å². The molecule has 0 saturated carbocycles. The number of hydrogen-bond acceptors (Lipinski definition) is 12. The van der Waals surface area contributed by atoms with Crippen molar-refractivity contribution in [3.05, 3.63) is 174 Å². The average molecular weight is 950 g/mol. The first-order chi connectivity index (χ1) is 30.3. The number of carbonyl (C=O) groups excluding carboxylic acids is 2. The van der Waals surface area contributed by atoms with Gasteiger partial charge in [-0.2, -0.15) is 26.3 Å². The summed E-state index contributed by atoms with van der Waals surface area (Å²) in [6, 6.07) is 12.6. The van der Waals surface area contributed by atoms with Crippen molar-refractivity contribution in [1.82, 2.24) is 19.9 Å². The van der Waals surface area contributed by atoms with Crippen LogP contribution in [0.4, 0.5) is 37.7 Å². The summed E-state index contributed by atoms with van der Waals surface area (Å²) in [5, 5.41) is 22.3. The molecular formula is C42H32Cl2F6N6O9. The molecule has 0 unspecified atom stereocenters. The van der Waals surface area contributed by atoms with Crippen molar-refractivity contribution in [3.63, 3.8) is 0 Å². The van der Waals surface area contributed by atoms with Gasteiger partial charge < -0.3 is 14.9 Å². The number of hydrogen-bond donors (Lipinski definition) is 0. The van der Waals surface area contributed by atoms with Gasteiger partial charge in [0.1, 0.15) is 11.1 Å². The number of rotatable bonds is 14. The van der Waals surface area contributed by atoms with E-state index in [-0.39, 0.29) is 62.1 Å². The van der Waals surface area contributed by atoms with E-state index in [1.165, 1.54) is 49.1 Å². The lowest BCUT2D eigenvalue weighted by Gasteiger charge is -2.11. The predicted molar refractivity (Wildman–Crippen MR) is 222 cm³/mol. The van der Waals surface area contributed by atoms with Crippen molar-refractivity contribution < 1.29 is 60.7 Å². The Bertz CT molecular complexity index is 2470. The highest BCUT2D eigenvalue weighted by atomic mass is 35.5. The number of ether oxygens (including phenoxy) is 2. The van der Waals surface area contributed by atoms with E-state index in [0.29, 0.717) is 37.1 Å². The fraction of sp³-hybridized carbons (Fsp3) is 0.190. The van der Waals surface area contributed by atoms with Crippen LogP contribution in [0, 0.1) is 20.2 Å². The van der Waals surface area contributed by atoms with Crippen molar-refractivity contribution in [2.24, 2.45) is 0 Å². The second kappa shape index (κ2) is 22.5. The number of benzene rings is 4. The fourth-order valence-corrected chi connectivity index (χ4v) is 6.39. The number of aromatic nitrogens is 4. The second-order valence-electron chi connectivity index (χ2n) is 13.2. The molecule has 15 nitrogen and oxygen atoms in total. The van der Waals surface area contributed by atoms with Crippen molar-refractivity contribution in [3.8, 4) is 22.3 Å². The maximum atomic E-state index is 12.9. The Morgan fingerprint density at radius 1 is 0.585 bits per heavy atom. The van der Waals surface area contributed by atoms with E-state index in [1.807, 2.05) is 0 Å². The third-order valence-electron chi connectivity index (χ3n) is 8.90. The molecule has 340 valence electrons. The van der Waals surface area contributed by atoms with Crippen molar-refractivity contribution in [2.75, 3.05) is 13.2 Å². The van der Waals surface area contributed by atoms with Gasteiger partial charge in [0.25, 0.3) is 11.4 Å². The molecule has 0 atom stereocenters. The molecule has 0 fully saturated rings. The molecule has 6 aromatic rings. The van der Waals surface area contributed by atoms with E-state index in [9.17, 15) is 56.2 Å². The highest BCUT2D eigenvalue weighted by Gasteiger charge is 2.32. The minimum Gasteiger partial charge on any atom is -0.462 e. The summed E-state index contributed by atoms with van der Waals surface area (Å²) < 4.78 is 87.5. The highest BCUT2D eigenvalue weighted by molar-refractivity contribution is 6.33. The topological polar surface area (TPSA) is 222 Å². The number of esters is 2. The first-order valence-electron chi connectivity index (χ1n) is 18.5. The number of halogens is 8. The van der Waals surface area contributed by atoms with Crippen LogP contribution >= 0.6 is 23.2 Å². The summed E-state index contributed by atoms with van der Waals surface area (Å²) in [6.07, 6.45) is 1.94. The molecule has 0 amide bonds. The van der Waals surface area contributed by atoms with E-state index >= 15 is 0 Å². The normalized spacial score (nSPS) is 11.1. The Balaban J connectivity index is 0.000000280. The summed E-state index contributed by atoms with van der Waals surface area (Å²) >= 11 is 12.0. The average Bonchev–Trinajstić information content (AvgIpc) is 3.26. The number of aryl methyl sites for hydroxylation is 2. The van der Waals surface area contributed by atoms with Gasteiger partial charge in [-0.1, -0.05) is 35.3 Å². The molecule has 2 N–H and O–H groups in total. The summed E-state index contributed by atoms with van der Waals surface area (Å²) in [6.45, 7) is -0.0321. The van der Waals surface area contributed by atoms with Crippen LogP contribution in [0.3, 0.4) is 0 Å². The molecule has 0 spiro atoms. The molecule has 0 aliphatic rings. The molecule has 0 radical (unpaired) electrons. The zero-order valence-corrected chi connectivity index (χ0v) is 34.6. The molecule has 0 bridgehead atoms. The largest absolute Gasteiger partial charge is 0.462 e. The van der Waals surface area contributed by atoms with Gasteiger partial charge in [-0.3, -0.25) is 40.2 Å². The molecule has 0 saturated heterocycles. The number of nitro benzene ring substituents is 2. The number of nitro groups is 2. The van der Waals surface area contributed by atoms with E-state index in [1.54, 1.807) is 12.4 Å². The predicted octanol–water partition coefficient (Wildman–Crippen LogP) is 10.2. The zero-order chi connectivity index (χ0) is 46.6. The molecular weight excluding hydrogens is 917 g/mol. The van der Waals surface area contributed by atoms with Crippen LogP contribution in [0.25, 0.3) is 22.3 Å².